The molecule has 20 heavy (non-hydrogen) atoms. The fourth-order valence-electron chi connectivity index (χ4n) is 2.44. The van der Waals surface area contributed by atoms with Crippen molar-refractivity contribution in [3.05, 3.63) is 25.6 Å². The van der Waals surface area contributed by atoms with E-state index in [4.69, 9.17) is 0 Å². The van der Waals surface area contributed by atoms with Crippen LogP contribution in [0.3, 0.4) is 0 Å². The molecule has 2 unspecified atom stereocenters. The maximum Gasteiger partial charge on any atom is 0.241 e. The molecule has 110 valence electrons. The highest BCUT2D eigenvalue weighted by Crippen LogP contribution is 2.34. The second kappa shape index (κ2) is 7.38. The second-order valence-corrected chi connectivity index (χ2v) is 7.66. The molecule has 3 nitrogen and oxygen atoms in total. The van der Waals surface area contributed by atoms with Gasteiger partial charge in [-0.25, -0.2) is 0 Å². The molecule has 1 amide bonds. The monoisotopic (exact) mass is 466 g/mol. The Morgan fingerprint density at radius 1 is 1.35 bits per heavy atom. The van der Waals surface area contributed by atoms with Gasteiger partial charge < -0.3 is 10.6 Å². The van der Waals surface area contributed by atoms with E-state index in [2.05, 4.69) is 65.3 Å². The Bertz CT molecular complexity index is 484. The van der Waals surface area contributed by atoms with Crippen LogP contribution in [-0.4, -0.2) is 18.5 Å². The molecule has 0 aromatic heterocycles. The average molecular weight is 469 g/mol. The van der Waals surface area contributed by atoms with Gasteiger partial charge in [0, 0.05) is 13.4 Å². The fraction of sp³-hybridized carbons (Fsp3) is 0.500. The maximum absolute atomic E-state index is 12.4. The van der Waals surface area contributed by atoms with Gasteiger partial charge in [-0.2, -0.15) is 0 Å². The van der Waals surface area contributed by atoms with Gasteiger partial charge in [-0.15, -0.1) is 0 Å². The summed E-state index contributed by atoms with van der Waals surface area (Å²) in [5.74, 6) is 0.677. The summed E-state index contributed by atoms with van der Waals surface area (Å²) in [6.45, 7) is 3.10. The van der Waals surface area contributed by atoms with E-state index < -0.39 is 0 Å². The molecule has 0 spiro atoms. The normalized spacial score (nSPS) is 22.6. The zero-order valence-electron chi connectivity index (χ0n) is 11.2. The first kappa shape index (κ1) is 16.5. The number of nitrogens with one attached hydrogen (secondary N) is 2. The quantitative estimate of drug-likeness (QED) is 0.675. The number of benzene rings is 1. The molecule has 1 heterocycles. The Balaban J connectivity index is 2.08. The van der Waals surface area contributed by atoms with Gasteiger partial charge in [0.25, 0.3) is 0 Å². The number of halogens is 3. The fourth-order valence-corrected chi connectivity index (χ4v) is 4.90. The maximum atomic E-state index is 12.4. The highest BCUT2D eigenvalue weighted by molar-refractivity contribution is 9.11. The van der Waals surface area contributed by atoms with Crippen LogP contribution in [0.2, 0.25) is 0 Å². The third kappa shape index (κ3) is 4.06. The van der Waals surface area contributed by atoms with E-state index in [1.165, 1.54) is 0 Å². The Morgan fingerprint density at radius 3 is 2.60 bits per heavy atom. The predicted molar refractivity (Wildman–Crippen MR) is 93.0 cm³/mol. The zero-order chi connectivity index (χ0) is 14.7. The van der Waals surface area contributed by atoms with Crippen molar-refractivity contribution in [2.24, 2.45) is 5.92 Å². The third-order valence-corrected chi connectivity index (χ3v) is 5.37. The van der Waals surface area contributed by atoms with Crippen molar-refractivity contribution in [3.63, 3.8) is 0 Å². The molecule has 2 rings (SSSR count). The minimum absolute atomic E-state index is 0.0341. The lowest BCUT2D eigenvalue weighted by atomic mass is 9.90. The van der Waals surface area contributed by atoms with Crippen molar-refractivity contribution >= 4 is 59.4 Å². The van der Waals surface area contributed by atoms with E-state index in [1.54, 1.807) is 0 Å². The van der Waals surface area contributed by atoms with E-state index in [9.17, 15) is 4.79 Å². The summed E-state index contributed by atoms with van der Waals surface area (Å²) in [4.78, 5) is 12.4. The van der Waals surface area contributed by atoms with E-state index in [1.807, 2.05) is 12.1 Å². The van der Waals surface area contributed by atoms with E-state index >= 15 is 0 Å². The van der Waals surface area contributed by atoms with Crippen molar-refractivity contribution < 1.29 is 4.79 Å². The Kier molecular flexibility index (Phi) is 6.08. The van der Waals surface area contributed by atoms with E-state index in [0.717, 1.165) is 44.9 Å². The van der Waals surface area contributed by atoms with Crippen LogP contribution in [0.5, 0.6) is 0 Å². The topological polar surface area (TPSA) is 41.1 Å². The SMILES string of the molecule is CCC1CCNC(C(=O)Nc2c(Br)cc(Br)cc2Br)C1. The smallest absolute Gasteiger partial charge is 0.241 e. The van der Waals surface area contributed by atoms with Crippen LogP contribution in [0.15, 0.2) is 25.6 Å². The highest BCUT2D eigenvalue weighted by atomic mass is 79.9. The number of hydrogen-bond donors (Lipinski definition) is 2. The van der Waals surface area contributed by atoms with Crippen LogP contribution in [0.1, 0.15) is 26.2 Å². The van der Waals surface area contributed by atoms with Gasteiger partial charge in [0.2, 0.25) is 5.91 Å². The number of rotatable bonds is 3. The average Bonchev–Trinajstić information content (AvgIpc) is 2.42. The number of anilines is 1. The van der Waals surface area contributed by atoms with E-state index in [-0.39, 0.29) is 11.9 Å². The van der Waals surface area contributed by atoms with Gasteiger partial charge in [0.15, 0.2) is 0 Å². The molecule has 6 heteroatoms. The summed E-state index contributed by atoms with van der Waals surface area (Å²) in [7, 11) is 0. The largest absolute Gasteiger partial charge is 0.323 e. The van der Waals surface area contributed by atoms with Gasteiger partial charge in [-0.05, 0) is 69.3 Å². The summed E-state index contributed by atoms with van der Waals surface area (Å²) < 4.78 is 2.67. The van der Waals surface area contributed by atoms with Crippen LogP contribution < -0.4 is 10.6 Å². The van der Waals surface area contributed by atoms with Crippen molar-refractivity contribution in [3.8, 4) is 0 Å². The van der Waals surface area contributed by atoms with Gasteiger partial charge in [-0.3, -0.25) is 4.79 Å². The molecule has 1 aromatic carbocycles. The number of amides is 1. The second-order valence-electron chi connectivity index (χ2n) is 5.04. The summed E-state index contributed by atoms with van der Waals surface area (Å²) in [6, 6.07) is 3.74. The lowest BCUT2D eigenvalue weighted by Gasteiger charge is -2.29. The molecule has 1 fully saturated rings. The summed E-state index contributed by atoms with van der Waals surface area (Å²) in [5.41, 5.74) is 0.777. The molecule has 1 aromatic rings. The molecule has 2 atom stereocenters. The van der Waals surface area contributed by atoms with Gasteiger partial charge in [-0.1, -0.05) is 29.3 Å². The Labute approximate surface area is 144 Å². The number of carbonyl (C=O) groups is 1. The first-order valence-corrected chi connectivity index (χ1v) is 9.08. The first-order chi connectivity index (χ1) is 9.51. The minimum atomic E-state index is -0.101. The molecule has 0 aliphatic carbocycles. The summed E-state index contributed by atoms with van der Waals surface area (Å²) in [6.07, 6.45) is 3.21. The molecule has 2 N–H and O–H groups in total. The standard InChI is InChI=1S/C14H17Br3N2O/c1-2-8-3-4-18-12(5-8)14(20)19-13-10(16)6-9(15)7-11(13)17/h6-8,12,18H,2-5H2,1H3,(H,19,20). The number of hydrogen-bond acceptors (Lipinski definition) is 2. The molecule has 1 saturated heterocycles. The van der Waals surface area contributed by atoms with Crippen molar-refractivity contribution in [1.82, 2.24) is 5.32 Å². The summed E-state index contributed by atoms with van der Waals surface area (Å²) >= 11 is 10.4. The molecule has 0 saturated carbocycles. The Morgan fingerprint density at radius 2 is 2.00 bits per heavy atom. The molecule has 1 aliphatic rings. The zero-order valence-corrected chi connectivity index (χ0v) is 15.9. The minimum Gasteiger partial charge on any atom is -0.323 e. The van der Waals surface area contributed by atoms with Crippen molar-refractivity contribution in [1.29, 1.82) is 0 Å². The van der Waals surface area contributed by atoms with Crippen molar-refractivity contribution in [2.45, 2.75) is 32.2 Å². The van der Waals surface area contributed by atoms with Crippen molar-refractivity contribution in [2.75, 3.05) is 11.9 Å². The highest BCUT2D eigenvalue weighted by Gasteiger charge is 2.26. The van der Waals surface area contributed by atoms with Crippen LogP contribution in [0, 0.1) is 5.92 Å². The first-order valence-electron chi connectivity index (χ1n) is 6.70. The molecule has 0 radical (unpaired) electrons. The van der Waals surface area contributed by atoms with Crippen LogP contribution in [-0.2, 0) is 4.79 Å². The number of piperidine rings is 1. The summed E-state index contributed by atoms with van der Waals surface area (Å²) in [5, 5.41) is 6.31. The van der Waals surface area contributed by atoms with Crippen LogP contribution in [0.4, 0.5) is 5.69 Å². The molecular weight excluding hydrogens is 452 g/mol. The number of carbonyl (C=O) groups excluding carboxylic acids is 1. The molecule has 0 bridgehead atoms. The van der Waals surface area contributed by atoms with Gasteiger partial charge in [0.05, 0.1) is 11.7 Å². The molecular formula is C14H17Br3N2O. The van der Waals surface area contributed by atoms with Gasteiger partial charge >= 0.3 is 0 Å². The molecule has 1 aliphatic heterocycles. The third-order valence-electron chi connectivity index (χ3n) is 3.66. The lowest BCUT2D eigenvalue weighted by Crippen LogP contribution is -2.46. The predicted octanol–water partition coefficient (Wildman–Crippen LogP) is 4.69. The van der Waals surface area contributed by atoms with Crippen LogP contribution >= 0.6 is 47.8 Å². The van der Waals surface area contributed by atoms with Crippen LogP contribution in [0.25, 0.3) is 0 Å². The van der Waals surface area contributed by atoms with Gasteiger partial charge in [0.1, 0.15) is 0 Å². The lowest BCUT2D eigenvalue weighted by molar-refractivity contribution is -0.119. The Hall–Kier alpha value is 0.0900. The van der Waals surface area contributed by atoms with E-state index in [0.29, 0.717) is 5.92 Å².